The van der Waals surface area contributed by atoms with Crippen molar-refractivity contribution in [2.24, 2.45) is 5.92 Å². The molecule has 7 heteroatoms. The van der Waals surface area contributed by atoms with Crippen LogP contribution in [0.3, 0.4) is 0 Å². The zero-order valence-corrected chi connectivity index (χ0v) is 22.5. The molecule has 2 heterocycles. The average molecular weight is 536 g/mol. The highest BCUT2D eigenvalue weighted by Gasteiger charge is 2.50. The predicted octanol–water partition coefficient (Wildman–Crippen LogP) is 5.99. The zero-order valence-electron chi connectivity index (χ0n) is 21.7. The molecule has 1 amide bonds. The minimum atomic E-state index is -0.765. The molecule has 4 atom stereocenters. The molecule has 0 spiro atoms. The van der Waals surface area contributed by atoms with Gasteiger partial charge in [-0.25, -0.2) is 4.79 Å². The van der Waals surface area contributed by atoms with E-state index in [9.17, 15) is 14.7 Å². The summed E-state index contributed by atoms with van der Waals surface area (Å²) in [6, 6.07) is 12.9. The van der Waals surface area contributed by atoms with E-state index in [0.717, 1.165) is 73.4 Å². The Balaban J connectivity index is 1.27. The third-order valence-corrected chi connectivity index (χ3v) is 9.17. The maximum absolute atomic E-state index is 13.9. The topological polar surface area (TPSA) is 80.0 Å². The van der Waals surface area contributed by atoms with Crippen molar-refractivity contribution in [3.05, 3.63) is 74.6 Å². The van der Waals surface area contributed by atoms with E-state index in [1.807, 2.05) is 41.3 Å². The first-order valence-electron chi connectivity index (χ1n) is 13.9. The molecule has 1 saturated carbocycles. The van der Waals surface area contributed by atoms with Gasteiger partial charge >= 0.3 is 5.63 Å². The summed E-state index contributed by atoms with van der Waals surface area (Å²) in [5, 5.41) is 13.1. The Morgan fingerprint density at radius 2 is 1.84 bits per heavy atom. The van der Waals surface area contributed by atoms with Gasteiger partial charge in [0.2, 0.25) is 0 Å². The highest BCUT2D eigenvalue weighted by Crippen LogP contribution is 2.49. The average Bonchev–Trinajstić information content (AvgIpc) is 2.92. The van der Waals surface area contributed by atoms with E-state index >= 15 is 0 Å². The van der Waals surface area contributed by atoms with Crippen LogP contribution in [0.1, 0.15) is 74.6 Å². The molecule has 1 saturated heterocycles. The minimum Gasteiger partial charge on any atom is -0.481 e. The molecule has 1 N–H and O–H groups in total. The molecule has 1 aliphatic heterocycles. The first-order valence-corrected chi connectivity index (χ1v) is 14.3. The minimum absolute atomic E-state index is 0.0385. The normalized spacial score (nSPS) is 25.9. The summed E-state index contributed by atoms with van der Waals surface area (Å²) in [4.78, 5) is 28.3. The number of piperidine rings is 1. The second kappa shape index (κ2) is 10.0. The van der Waals surface area contributed by atoms with Gasteiger partial charge in [0.05, 0.1) is 11.6 Å². The Kier molecular flexibility index (Phi) is 6.73. The van der Waals surface area contributed by atoms with Crippen molar-refractivity contribution in [1.29, 1.82) is 0 Å². The van der Waals surface area contributed by atoms with Crippen molar-refractivity contribution in [1.82, 2.24) is 4.90 Å². The van der Waals surface area contributed by atoms with Crippen molar-refractivity contribution in [3.63, 3.8) is 0 Å². The molecule has 6 rings (SSSR count). The Hall–Kier alpha value is -2.83. The number of benzene rings is 2. The maximum Gasteiger partial charge on any atom is 0.339 e. The van der Waals surface area contributed by atoms with Crippen LogP contribution in [0.2, 0.25) is 5.02 Å². The fourth-order valence-corrected chi connectivity index (χ4v) is 7.11. The first kappa shape index (κ1) is 25.4. The molecule has 2 fully saturated rings. The molecule has 38 heavy (non-hydrogen) atoms. The number of hydrogen-bond acceptors (Lipinski definition) is 5. The van der Waals surface area contributed by atoms with Crippen LogP contribution in [-0.4, -0.2) is 34.2 Å². The number of ether oxygens (including phenoxy) is 1. The predicted molar refractivity (Wildman–Crippen MR) is 147 cm³/mol. The Labute approximate surface area is 227 Å². The molecule has 0 bridgehead atoms. The zero-order chi connectivity index (χ0) is 26.4. The van der Waals surface area contributed by atoms with E-state index in [0.29, 0.717) is 29.3 Å². The Morgan fingerprint density at radius 1 is 1.08 bits per heavy atom. The summed E-state index contributed by atoms with van der Waals surface area (Å²) < 4.78 is 11.8. The third kappa shape index (κ3) is 4.52. The number of aliphatic hydroxyl groups is 1. The highest BCUT2D eigenvalue weighted by molar-refractivity contribution is 6.30. The van der Waals surface area contributed by atoms with Gasteiger partial charge in [0.1, 0.15) is 11.3 Å². The van der Waals surface area contributed by atoms with Crippen LogP contribution in [0.5, 0.6) is 5.75 Å². The van der Waals surface area contributed by atoms with Gasteiger partial charge in [-0.15, -0.1) is 0 Å². The molecule has 200 valence electrons. The molecule has 2 aliphatic carbocycles. The highest BCUT2D eigenvalue weighted by atomic mass is 35.5. The van der Waals surface area contributed by atoms with Crippen molar-refractivity contribution >= 4 is 28.5 Å². The van der Waals surface area contributed by atoms with Crippen LogP contribution in [0, 0.1) is 5.92 Å². The third-order valence-electron chi connectivity index (χ3n) is 8.92. The van der Waals surface area contributed by atoms with Crippen molar-refractivity contribution in [3.8, 4) is 5.75 Å². The second-order valence-electron chi connectivity index (χ2n) is 11.2. The molecular formula is C31H34ClNO5. The number of fused-ring (bicyclic) bond motifs is 4. The lowest BCUT2D eigenvalue weighted by Crippen LogP contribution is -2.58. The molecule has 1 aromatic heterocycles. The second-order valence-corrected chi connectivity index (χ2v) is 11.6. The van der Waals surface area contributed by atoms with Crippen LogP contribution in [0.4, 0.5) is 0 Å². The summed E-state index contributed by atoms with van der Waals surface area (Å²) in [5.41, 5.74) is 2.32. The van der Waals surface area contributed by atoms with Crippen molar-refractivity contribution in [2.75, 3.05) is 6.54 Å². The molecule has 2 aromatic carbocycles. The van der Waals surface area contributed by atoms with Gasteiger partial charge in [0, 0.05) is 34.5 Å². The van der Waals surface area contributed by atoms with Gasteiger partial charge in [0.15, 0.2) is 6.10 Å². The number of carbonyl (C=O) groups is 1. The van der Waals surface area contributed by atoms with Crippen LogP contribution in [0.15, 0.2) is 51.7 Å². The molecular weight excluding hydrogens is 502 g/mol. The monoisotopic (exact) mass is 535 g/mol. The molecule has 4 unspecified atom stereocenters. The lowest BCUT2D eigenvalue weighted by molar-refractivity contribution is -0.161. The summed E-state index contributed by atoms with van der Waals surface area (Å²) in [5.74, 6) is 0.333. The van der Waals surface area contributed by atoms with E-state index < -0.39 is 11.7 Å². The van der Waals surface area contributed by atoms with Gasteiger partial charge in [-0.2, -0.15) is 0 Å². The number of hydrogen-bond donors (Lipinski definition) is 1. The van der Waals surface area contributed by atoms with E-state index in [4.69, 9.17) is 20.8 Å². The smallest absolute Gasteiger partial charge is 0.339 e. The van der Waals surface area contributed by atoms with E-state index in [-0.39, 0.29) is 23.5 Å². The van der Waals surface area contributed by atoms with Crippen LogP contribution in [-0.2, 0) is 17.6 Å². The van der Waals surface area contributed by atoms with Gasteiger partial charge in [-0.1, -0.05) is 36.6 Å². The number of aryl methyl sites for hydroxylation is 1. The standard InChI is InChI=1S/C31H34ClNO5/c1-19(37-22-13-14-24-23-6-2-3-7-25(23)30(35)38-27(24)18-22)29(34)33-17-16-31(36)15-5-4-8-26(31)28(33)20-9-11-21(32)12-10-20/h9-14,18-19,26,28,36H,2-8,15-17H2,1H3. The SMILES string of the molecule is CC(Oc1ccc2c3c(c(=O)oc2c1)CCCC3)C(=O)N1CCC2(O)CCCCC2C1c1ccc(Cl)cc1. The quantitative estimate of drug-likeness (QED) is 0.415. The number of nitrogens with zero attached hydrogens (tertiary/aromatic N) is 1. The molecule has 6 nitrogen and oxygen atoms in total. The number of likely N-dealkylation sites (tertiary alicyclic amines) is 1. The fraction of sp³-hybridized carbons (Fsp3) is 0.484. The number of carbonyl (C=O) groups excluding carboxylic acids is 1. The van der Waals surface area contributed by atoms with E-state index in [1.165, 1.54) is 0 Å². The first-order chi connectivity index (χ1) is 18.3. The number of amides is 1. The fourth-order valence-electron chi connectivity index (χ4n) is 6.99. The largest absolute Gasteiger partial charge is 0.481 e. The maximum atomic E-state index is 13.9. The Morgan fingerprint density at radius 3 is 2.63 bits per heavy atom. The van der Waals surface area contributed by atoms with Crippen molar-refractivity contribution in [2.45, 2.75) is 82.5 Å². The van der Waals surface area contributed by atoms with Gasteiger partial charge in [0.25, 0.3) is 5.91 Å². The van der Waals surface area contributed by atoms with Crippen molar-refractivity contribution < 1.29 is 19.1 Å². The summed E-state index contributed by atoms with van der Waals surface area (Å²) in [6.45, 7) is 2.22. The van der Waals surface area contributed by atoms with Gasteiger partial charge in [-0.05, 0) is 87.3 Å². The lowest BCUT2D eigenvalue weighted by atomic mass is 9.66. The molecule has 3 aromatic rings. The van der Waals surface area contributed by atoms with E-state index in [1.54, 1.807) is 13.0 Å². The number of rotatable bonds is 4. The lowest BCUT2D eigenvalue weighted by Gasteiger charge is -2.53. The van der Waals surface area contributed by atoms with Gasteiger partial charge in [-0.3, -0.25) is 4.79 Å². The number of halogens is 1. The summed E-state index contributed by atoms with van der Waals surface area (Å²) in [6.07, 6.45) is 7.21. The van der Waals surface area contributed by atoms with Gasteiger partial charge < -0.3 is 19.2 Å². The molecule has 0 radical (unpaired) electrons. The Bertz CT molecular complexity index is 1420. The summed E-state index contributed by atoms with van der Waals surface area (Å²) >= 11 is 6.17. The van der Waals surface area contributed by atoms with Crippen LogP contribution >= 0.6 is 11.6 Å². The van der Waals surface area contributed by atoms with Crippen LogP contribution in [0.25, 0.3) is 11.0 Å². The van der Waals surface area contributed by atoms with Crippen LogP contribution < -0.4 is 10.4 Å². The van der Waals surface area contributed by atoms with E-state index in [2.05, 4.69) is 0 Å². The molecule has 3 aliphatic rings. The summed E-state index contributed by atoms with van der Waals surface area (Å²) in [7, 11) is 0.